The molecule has 3 rings (SSSR count). The number of anilines is 2. The van der Waals surface area contributed by atoms with Crippen LogP contribution in [0, 0.1) is 0 Å². The van der Waals surface area contributed by atoms with Crippen molar-refractivity contribution in [2.24, 2.45) is 0 Å². The molecule has 0 saturated carbocycles. The van der Waals surface area contributed by atoms with Crippen molar-refractivity contribution in [1.29, 1.82) is 0 Å². The number of rotatable bonds is 1. The number of halogens is 3. The summed E-state index contributed by atoms with van der Waals surface area (Å²) in [6, 6.07) is 10.4. The van der Waals surface area contributed by atoms with E-state index in [1.165, 1.54) is 17.8 Å². The molecular formula is C15H12F3NS. The molecule has 2 aromatic carbocycles. The summed E-state index contributed by atoms with van der Waals surface area (Å²) in [7, 11) is 0. The normalized spacial score (nSPS) is 13.4. The first-order valence-electron chi connectivity index (χ1n) is 6.27. The van der Waals surface area contributed by atoms with Gasteiger partial charge in [0, 0.05) is 9.79 Å². The number of alkyl halides is 3. The molecule has 20 heavy (non-hydrogen) atoms. The lowest BCUT2D eigenvalue weighted by molar-refractivity contribution is -0.138. The maximum Gasteiger partial charge on any atom is 0.416 e. The molecule has 0 fully saturated rings. The highest BCUT2D eigenvalue weighted by Gasteiger charge is 2.35. The zero-order valence-corrected chi connectivity index (χ0v) is 11.5. The van der Waals surface area contributed by atoms with Crippen LogP contribution in [0.25, 0.3) is 0 Å². The van der Waals surface area contributed by atoms with Gasteiger partial charge in [-0.25, -0.2) is 0 Å². The van der Waals surface area contributed by atoms with E-state index in [4.69, 9.17) is 0 Å². The zero-order chi connectivity index (χ0) is 14.3. The van der Waals surface area contributed by atoms with E-state index in [2.05, 4.69) is 5.32 Å². The van der Waals surface area contributed by atoms with Crippen LogP contribution in [0.15, 0.2) is 46.2 Å². The molecule has 0 radical (unpaired) electrons. The van der Waals surface area contributed by atoms with E-state index in [0.29, 0.717) is 17.7 Å². The first kappa shape index (κ1) is 13.4. The lowest BCUT2D eigenvalue weighted by Crippen LogP contribution is -2.12. The molecule has 1 aliphatic heterocycles. The zero-order valence-electron chi connectivity index (χ0n) is 10.7. The number of hydrogen-bond acceptors (Lipinski definition) is 2. The molecule has 0 atom stereocenters. The van der Waals surface area contributed by atoms with E-state index in [1.54, 1.807) is 13.0 Å². The Kier molecular flexibility index (Phi) is 3.17. The summed E-state index contributed by atoms with van der Waals surface area (Å²) >= 11 is 1.50. The molecule has 1 N–H and O–H groups in total. The van der Waals surface area contributed by atoms with Gasteiger partial charge in [0.25, 0.3) is 0 Å². The van der Waals surface area contributed by atoms with E-state index in [9.17, 15) is 13.2 Å². The summed E-state index contributed by atoms with van der Waals surface area (Å²) in [5.74, 6) is 0. The molecule has 1 nitrogen and oxygen atoms in total. The average Bonchev–Trinajstić information content (AvgIpc) is 2.42. The highest BCUT2D eigenvalue weighted by atomic mass is 32.2. The monoisotopic (exact) mass is 295 g/mol. The number of para-hydroxylation sites is 1. The third-order valence-corrected chi connectivity index (χ3v) is 4.44. The highest BCUT2D eigenvalue weighted by Crippen LogP contribution is 2.48. The molecule has 0 unspecified atom stereocenters. The van der Waals surface area contributed by atoms with Gasteiger partial charge < -0.3 is 5.32 Å². The fourth-order valence-electron chi connectivity index (χ4n) is 2.39. The van der Waals surface area contributed by atoms with Crippen LogP contribution >= 0.6 is 11.8 Å². The molecule has 0 aliphatic carbocycles. The quantitative estimate of drug-likeness (QED) is 0.638. The van der Waals surface area contributed by atoms with Crippen LogP contribution in [0.2, 0.25) is 0 Å². The minimum atomic E-state index is -4.32. The fraction of sp³-hybridized carbons (Fsp3) is 0.200. The number of benzene rings is 2. The number of fused-ring (bicyclic) bond motifs is 2. The summed E-state index contributed by atoms with van der Waals surface area (Å²) in [5, 5.41) is 3.15. The Bertz CT molecular complexity index is 665. The Labute approximate surface area is 119 Å². The predicted octanol–water partition coefficient (Wildman–Crippen LogP) is 5.48. The molecular weight excluding hydrogens is 283 g/mol. The van der Waals surface area contributed by atoms with Crippen molar-refractivity contribution in [1.82, 2.24) is 0 Å². The third-order valence-electron chi connectivity index (χ3n) is 3.30. The van der Waals surface area contributed by atoms with Crippen LogP contribution in [-0.4, -0.2) is 0 Å². The Morgan fingerprint density at radius 3 is 2.50 bits per heavy atom. The molecule has 104 valence electrons. The molecule has 0 saturated heterocycles. The van der Waals surface area contributed by atoms with Crippen molar-refractivity contribution < 1.29 is 13.2 Å². The molecule has 5 heteroatoms. The molecule has 0 aromatic heterocycles. The molecule has 1 heterocycles. The SMILES string of the molecule is CCc1c(C(F)(F)F)ccc2c1Nc1ccccc1S2. The lowest BCUT2D eigenvalue weighted by Gasteiger charge is -2.25. The van der Waals surface area contributed by atoms with Crippen molar-refractivity contribution in [2.75, 3.05) is 5.32 Å². The van der Waals surface area contributed by atoms with E-state index < -0.39 is 11.7 Å². The summed E-state index contributed by atoms with van der Waals surface area (Å²) in [6.07, 6.45) is -3.97. The Balaban J connectivity index is 2.15. The van der Waals surface area contributed by atoms with Crippen LogP contribution in [0.3, 0.4) is 0 Å². The van der Waals surface area contributed by atoms with Crippen LogP contribution in [-0.2, 0) is 12.6 Å². The van der Waals surface area contributed by atoms with Gasteiger partial charge in [-0.2, -0.15) is 13.2 Å². The maximum atomic E-state index is 13.1. The van der Waals surface area contributed by atoms with Gasteiger partial charge in [-0.05, 0) is 36.2 Å². The molecule has 0 bridgehead atoms. The summed E-state index contributed by atoms with van der Waals surface area (Å²) in [5.41, 5.74) is 1.23. The number of hydrogen-bond donors (Lipinski definition) is 1. The number of nitrogens with one attached hydrogen (secondary N) is 1. The first-order chi connectivity index (χ1) is 9.50. The topological polar surface area (TPSA) is 12.0 Å². The summed E-state index contributed by atoms with van der Waals surface area (Å²) in [4.78, 5) is 1.87. The molecule has 2 aromatic rings. The summed E-state index contributed by atoms with van der Waals surface area (Å²) < 4.78 is 39.2. The van der Waals surface area contributed by atoms with Crippen molar-refractivity contribution in [3.05, 3.63) is 47.5 Å². The van der Waals surface area contributed by atoms with Gasteiger partial charge in [-0.15, -0.1) is 0 Å². The van der Waals surface area contributed by atoms with Gasteiger partial charge in [0.2, 0.25) is 0 Å². The first-order valence-corrected chi connectivity index (χ1v) is 7.09. The van der Waals surface area contributed by atoms with Gasteiger partial charge >= 0.3 is 6.18 Å². The van der Waals surface area contributed by atoms with Crippen LogP contribution < -0.4 is 5.32 Å². The minimum absolute atomic E-state index is 0.331. The standard InChI is InChI=1S/C15H12F3NS/c1-2-9-10(15(16,17)18)7-8-13-14(9)19-11-5-3-4-6-12(11)20-13/h3-8,19H,2H2,1H3. The lowest BCUT2D eigenvalue weighted by atomic mass is 10.0. The van der Waals surface area contributed by atoms with E-state index >= 15 is 0 Å². The van der Waals surface area contributed by atoms with E-state index in [1.807, 2.05) is 24.3 Å². The smallest absolute Gasteiger partial charge is 0.353 e. The molecule has 0 spiro atoms. The second kappa shape index (κ2) is 4.74. The van der Waals surface area contributed by atoms with E-state index in [0.717, 1.165) is 15.5 Å². The Hall–Kier alpha value is -1.62. The largest absolute Gasteiger partial charge is 0.416 e. The van der Waals surface area contributed by atoms with Gasteiger partial charge in [0.1, 0.15) is 0 Å². The molecule has 1 aliphatic rings. The average molecular weight is 295 g/mol. The van der Waals surface area contributed by atoms with Crippen LogP contribution in [0.1, 0.15) is 18.1 Å². The highest BCUT2D eigenvalue weighted by molar-refractivity contribution is 7.99. The van der Waals surface area contributed by atoms with Gasteiger partial charge in [0.15, 0.2) is 0 Å². The third kappa shape index (κ3) is 2.16. The second-order valence-corrected chi connectivity index (χ2v) is 5.62. The van der Waals surface area contributed by atoms with Crippen LogP contribution in [0.4, 0.5) is 24.5 Å². The van der Waals surface area contributed by atoms with Crippen molar-refractivity contribution in [2.45, 2.75) is 29.3 Å². The predicted molar refractivity (Wildman–Crippen MR) is 74.7 cm³/mol. The Morgan fingerprint density at radius 1 is 1.05 bits per heavy atom. The van der Waals surface area contributed by atoms with Crippen molar-refractivity contribution in [3.63, 3.8) is 0 Å². The van der Waals surface area contributed by atoms with Gasteiger partial charge in [-0.1, -0.05) is 30.8 Å². The fourth-order valence-corrected chi connectivity index (χ4v) is 3.42. The Morgan fingerprint density at radius 2 is 1.80 bits per heavy atom. The summed E-state index contributed by atoms with van der Waals surface area (Å²) in [6.45, 7) is 1.75. The van der Waals surface area contributed by atoms with Crippen LogP contribution in [0.5, 0.6) is 0 Å². The van der Waals surface area contributed by atoms with E-state index in [-0.39, 0.29) is 0 Å². The van der Waals surface area contributed by atoms with Gasteiger partial charge in [0.05, 0.1) is 16.9 Å². The maximum absolute atomic E-state index is 13.1. The van der Waals surface area contributed by atoms with Gasteiger partial charge in [-0.3, -0.25) is 0 Å². The van der Waals surface area contributed by atoms with Crippen molar-refractivity contribution >= 4 is 23.1 Å². The van der Waals surface area contributed by atoms with Crippen molar-refractivity contribution in [3.8, 4) is 0 Å². The minimum Gasteiger partial charge on any atom is -0.353 e. The molecule has 0 amide bonds. The second-order valence-electron chi connectivity index (χ2n) is 4.54.